The number of carbonyl (C=O) groups excluding carboxylic acids is 3. The zero-order chi connectivity index (χ0) is 21.7. The zero-order valence-corrected chi connectivity index (χ0v) is 17.0. The van der Waals surface area contributed by atoms with Gasteiger partial charge in [-0.15, -0.1) is 0 Å². The van der Waals surface area contributed by atoms with E-state index in [0.717, 1.165) is 0 Å². The van der Waals surface area contributed by atoms with Gasteiger partial charge >= 0.3 is 11.8 Å². The first-order valence-corrected chi connectivity index (χ1v) is 9.23. The first kappa shape index (κ1) is 21.0. The van der Waals surface area contributed by atoms with Crippen molar-refractivity contribution in [3.8, 4) is 17.2 Å². The van der Waals surface area contributed by atoms with E-state index >= 15 is 0 Å². The molecule has 0 bridgehead atoms. The number of benzene rings is 2. The highest BCUT2D eigenvalue weighted by molar-refractivity contribution is 6.41. The van der Waals surface area contributed by atoms with Gasteiger partial charge in [-0.25, -0.2) is 0 Å². The van der Waals surface area contributed by atoms with Gasteiger partial charge in [-0.05, 0) is 36.4 Å². The van der Waals surface area contributed by atoms with Crippen LogP contribution < -0.4 is 24.4 Å². The van der Waals surface area contributed by atoms with Crippen molar-refractivity contribution in [1.82, 2.24) is 4.90 Å². The minimum atomic E-state index is -0.723. The molecule has 2 aromatic carbocycles. The Labute approximate surface area is 174 Å². The number of piperazine rings is 1. The monoisotopic (exact) mass is 413 g/mol. The number of anilines is 2. The summed E-state index contributed by atoms with van der Waals surface area (Å²) in [5.74, 6) is -0.158. The standard InChI is InChI=1S/C21H23N3O6/c1-28-16-7-5-15(6-8-16)24-11-10-23(20(26)21(24)27)13-19(25)22-14-4-9-17(29-2)18(12-14)30-3/h4-9,12H,10-11,13H2,1-3H3,(H,22,25). The number of rotatable bonds is 7. The molecule has 1 saturated heterocycles. The maximum Gasteiger partial charge on any atom is 0.316 e. The summed E-state index contributed by atoms with van der Waals surface area (Å²) < 4.78 is 15.5. The number of amides is 3. The van der Waals surface area contributed by atoms with Gasteiger partial charge in [0.15, 0.2) is 11.5 Å². The van der Waals surface area contributed by atoms with Crippen LogP contribution in [-0.2, 0) is 14.4 Å². The van der Waals surface area contributed by atoms with Gasteiger partial charge in [0.05, 0.1) is 21.3 Å². The molecule has 0 aromatic heterocycles. The summed E-state index contributed by atoms with van der Waals surface area (Å²) in [5.41, 5.74) is 1.09. The molecule has 1 heterocycles. The number of ether oxygens (including phenoxy) is 3. The quantitative estimate of drug-likeness (QED) is 0.692. The largest absolute Gasteiger partial charge is 0.497 e. The van der Waals surface area contributed by atoms with Gasteiger partial charge in [0.25, 0.3) is 0 Å². The van der Waals surface area contributed by atoms with Crippen LogP contribution in [0.3, 0.4) is 0 Å². The molecule has 0 radical (unpaired) electrons. The number of hydrogen-bond donors (Lipinski definition) is 1. The number of hydrogen-bond acceptors (Lipinski definition) is 6. The summed E-state index contributed by atoms with van der Waals surface area (Å²) >= 11 is 0. The van der Waals surface area contributed by atoms with E-state index in [-0.39, 0.29) is 13.1 Å². The molecule has 0 aliphatic carbocycles. The SMILES string of the molecule is COc1ccc(N2CCN(CC(=O)Nc3ccc(OC)c(OC)c3)C(=O)C2=O)cc1. The molecule has 1 N–H and O–H groups in total. The van der Waals surface area contributed by atoms with Crippen LogP contribution in [0.4, 0.5) is 11.4 Å². The van der Waals surface area contributed by atoms with Gasteiger partial charge in [-0.3, -0.25) is 14.4 Å². The Morgan fingerprint density at radius 3 is 2.23 bits per heavy atom. The van der Waals surface area contributed by atoms with Crippen molar-refractivity contribution < 1.29 is 28.6 Å². The Balaban J connectivity index is 1.62. The van der Waals surface area contributed by atoms with Gasteiger partial charge < -0.3 is 29.3 Å². The predicted octanol–water partition coefficient (Wildman–Crippen LogP) is 1.53. The molecule has 158 valence electrons. The number of carbonyl (C=O) groups is 3. The average Bonchev–Trinajstić information content (AvgIpc) is 2.77. The summed E-state index contributed by atoms with van der Waals surface area (Å²) in [5, 5.41) is 2.70. The Morgan fingerprint density at radius 1 is 0.900 bits per heavy atom. The minimum absolute atomic E-state index is 0.227. The van der Waals surface area contributed by atoms with E-state index in [4.69, 9.17) is 14.2 Å². The van der Waals surface area contributed by atoms with Crippen LogP contribution in [0.5, 0.6) is 17.2 Å². The molecule has 9 nitrogen and oxygen atoms in total. The molecule has 0 unspecified atom stereocenters. The van der Waals surface area contributed by atoms with Gasteiger partial charge in [0, 0.05) is 30.5 Å². The molecular weight excluding hydrogens is 390 g/mol. The topological polar surface area (TPSA) is 97.4 Å². The van der Waals surface area contributed by atoms with E-state index in [0.29, 0.717) is 35.2 Å². The zero-order valence-electron chi connectivity index (χ0n) is 17.0. The first-order valence-electron chi connectivity index (χ1n) is 9.23. The fraction of sp³-hybridized carbons (Fsp3) is 0.286. The van der Waals surface area contributed by atoms with Crippen molar-refractivity contribution in [2.45, 2.75) is 0 Å². The van der Waals surface area contributed by atoms with Gasteiger partial charge in [0.1, 0.15) is 12.3 Å². The molecule has 1 fully saturated rings. The van der Waals surface area contributed by atoms with Gasteiger partial charge in [0.2, 0.25) is 5.91 Å². The van der Waals surface area contributed by atoms with Crippen molar-refractivity contribution in [3.63, 3.8) is 0 Å². The number of nitrogens with one attached hydrogen (secondary N) is 1. The highest BCUT2D eigenvalue weighted by Crippen LogP contribution is 2.29. The van der Waals surface area contributed by atoms with Crippen LogP contribution in [-0.4, -0.2) is 63.6 Å². The Morgan fingerprint density at radius 2 is 1.60 bits per heavy atom. The second-order valence-electron chi connectivity index (χ2n) is 6.50. The van der Waals surface area contributed by atoms with Crippen molar-refractivity contribution in [3.05, 3.63) is 42.5 Å². The van der Waals surface area contributed by atoms with Crippen molar-refractivity contribution in [2.75, 3.05) is 51.2 Å². The summed E-state index contributed by atoms with van der Waals surface area (Å²) in [6.45, 7) is 0.311. The van der Waals surface area contributed by atoms with E-state index in [1.54, 1.807) is 49.6 Å². The Kier molecular flexibility index (Phi) is 6.41. The third-order valence-electron chi connectivity index (χ3n) is 4.69. The molecule has 1 aliphatic heterocycles. The molecule has 30 heavy (non-hydrogen) atoms. The predicted molar refractivity (Wildman–Crippen MR) is 110 cm³/mol. The molecule has 3 rings (SSSR count). The second kappa shape index (κ2) is 9.17. The lowest BCUT2D eigenvalue weighted by molar-refractivity contribution is -0.147. The Bertz CT molecular complexity index is 944. The molecule has 9 heteroatoms. The van der Waals surface area contributed by atoms with E-state index in [2.05, 4.69) is 5.32 Å². The molecule has 1 aliphatic rings. The Hall–Kier alpha value is -3.75. The highest BCUT2D eigenvalue weighted by Gasteiger charge is 2.34. The summed E-state index contributed by atoms with van der Waals surface area (Å²) in [6.07, 6.45) is 0. The van der Waals surface area contributed by atoms with Gasteiger partial charge in [-0.1, -0.05) is 0 Å². The van der Waals surface area contributed by atoms with Gasteiger partial charge in [-0.2, -0.15) is 0 Å². The van der Waals surface area contributed by atoms with E-state index in [1.165, 1.54) is 24.0 Å². The summed E-state index contributed by atoms with van der Waals surface area (Å²) in [4.78, 5) is 40.0. The molecule has 2 aromatic rings. The fourth-order valence-corrected chi connectivity index (χ4v) is 3.12. The highest BCUT2D eigenvalue weighted by atomic mass is 16.5. The van der Waals surface area contributed by atoms with Crippen LogP contribution in [0.25, 0.3) is 0 Å². The maximum atomic E-state index is 12.5. The minimum Gasteiger partial charge on any atom is -0.497 e. The smallest absolute Gasteiger partial charge is 0.316 e. The molecular formula is C21H23N3O6. The van der Waals surface area contributed by atoms with Crippen molar-refractivity contribution in [2.24, 2.45) is 0 Å². The van der Waals surface area contributed by atoms with Crippen LogP contribution >= 0.6 is 0 Å². The van der Waals surface area contributed by atoms with Crippen LogP contribution in [0, 0.1) is 0 Å². The normalized spacial score (nSPS) is 13.8. The lowest BCUT2D eigenvalue weighted by Gasteiger charge is -2.33. The first-order chi connectivity index (χ1) is 14.5. The van der Waals surface area contributed by atoms with Crippen LogP contribution in [0.2, 0.25) is 0 Å². The van der Waals surface area contributed by atoms with Crippen LogP contribution in [0.1, 0.15) is 0 Å². The molecule has 0 atom stereocenters. The second-order valence-corrected chi connectivity index (χ2v) is 6.50. The van der Waals surface area contributed by atoms with E-state index in [9.17, 15) is 14.4 Å². The number of nitrogens with zero attached hydrogens (tertiary/aromatic N) is 2. The lowest BCUT2D eigenvalue weighted by atomic mass is 10.2. The fourth-order valence-electron chi connectivity index (χ4n) is 3.12. The third-order valence-corrected chi connectivity index (χ3v) is 4.69. The molecule has 3 amide bonds. The van der Waals surface area contributed by atoms with Crippen LogP contribution in [0.15, 0.2) is 42.5 Å². The van der Waals surface area contributed by atoms with E-state index < -0.39 is 17.7 Å². The summed E-state index contributed by atoms with van der Waals surface area (Å²) in [6, 6.07) is 11.8. The molecule has 0 spiro atoms. The van der Waals surface area contributed by atoms with Crippen molar-refractivity contribution >= 4 is 29.1 Å². The number of methoxy groups -OCH3 is 3. The lowest BCUT2D eigenvalue weighted by Crippen LogP contribution is -2.56. The maximum absolute atomic E-state index is 12.5. The van der Waals surface area contributed by atoms with E-state index in [1.807, 2.05) is 0 Å². The molecule has 0 saturated carbocycles. The summed E-state index contributed by atoms with van der Waals surface area (Å²) in [7, 11) is 4.57. The average molecular weight is 413 g/mol. The van der Waals surface area contributed by atoms with Crippen molar-refractivity contribution in [1.29, 1.82) is 0 Å². The third kappa shape index (κ3) is 4.45.